The van der Waals surface area contributed by atoms with E-state index in [4.69, 9.17) is 14.5 Å². The summed E-state index contributed by atoms with van der Waals surface area (Å²) in [7, 11) is 3.61. The molecule has 4 fully saturated rings. The molecule has 1 aliphatic carbocycles. The number of carbonyl (C=O) groups excluding carboxylic acids is 3. The van der Waals surface area contributed by atoms with E-state index in [0.29, 0.717) is 101 Å². The predicted octanol–water partition coefficient (Wildman–Crippen LogP) is 4.52. The molecule has 1 saturated carbocycles. The summed E-state index contributed by atoms with van der Waals surface area (Å²) in [6, 6.07) is 6.80. The zero-order chi connectivity index (χ0) is 46.9. The number of carboxylic acid groups (broad SMARTS) is 1. The van der Waals surface area contributed by atoms with Crippen molar-refractivity contribution in [1.29, 1.82) is 0 Å². The molecule has 3 amide bonds. The number of anilines is 2. The number of imide groups is 1. The Balaban J connectivity index is 0.713. The second kappa shape index (κ2) is 19.7. The molecule has 3 N–H and O–H groups in total. The van der Waals surface area contributed by atoms with Crippen LogP contribution in [0.4, 0.5) is 20.3 Å². The fraction of sp³-hybridized carbons (Fsp3) is 0.565. The first-order chi connectivity index (χ1) is 32.3. The number of ether oxygens (including phenoxy) is 2. The minimum atomic E-state index is -2.91. The first-order valence-corrected chi connectivity index (χ1v) is 23.3. The number of aromatic nitrogens is 7. The first-order valence-electron chi connectivity index (χ1n) is 23.3. The van der Waals surface area contributed by atoms with Crippen LogP contribution in [0, 0.1) is 11.8 Å². The van der Waals surface area contributed by atoms with Crippen molar-refractivity contribution in [2.75, 3.05) is 56.7 Å². The highest BCUT2D eigenvalue weighted by Gasteiger charge is 2.40. The average molecular weight is 930 g/mol. The van der Waals surface area contributed by atoms with Gasteiger partial charge in [-0.3, -0.25) is 38.3 Å². The number of fused-ring (bicyclic) bond motifs is 4. The molecular formula is C46H57F2N11O8. The Bertz CT molecular complexity index is 2710. The third kappa shape index (κ3) is 9.71. The van der Waals surface area contributed by atoms with Crippen molar-refractivity contribution in [3.63, 3.8) is 0 Å². The van der Waals surface area contributed by atoms with Gasteiger partial charge in [0.05, 0.1) is 53.6 Å². The summed E-state index contributed by atoms with van der Waals surface area (Å²) in [5.41, 5.74) is 1.95. The van der Waals surface area contributed by atoms with Crippen LogP contribution in [0.25, 0.3) is 16.7 Å². The maximum absolute atomic E-state index is 14.3. The Labute approximate surface area is 384 Å². The fourth-order valence-electron chi connectivity index (χ4n) is 10.5. The highest BCUT2D eigenvalue weighted by atomic mass is 19.3. The number of piperidine rings is 1. The van der Waals surface area contributed by atoms with Crippen LogP contribution in [0.3, 0.4) is 0 Å². The van der Waals surface area contributed by atoms with Crippen LogP contribution in [0.15, 0.2) is 47.7 Å². The molecule has 2 bridgehead atoms. The minimum absolute atomic E-state index is 0.0556. The molecular weight excluding hydrogens is 873 g/mol. The van der Waals surface area contributed by atoms with E-state index in [1.807, 2.05) is 31.3 Å². The molecule has 67 heavy (non-hydrogen) atoms. The summed E-state index contributed by atoms with van der Waals surface area (Å²) < 4.78 is 46.3. The molecule has 4 atom stereocenters. The maximum atomic E-state index is 14.3. The lowest BCUT2D eigenvalue weighted by atomic mass is 9.85. The molecule has 0 spiro atoms. The Kier molecular flexibility index (Phi) is 13.5. The SMILES string of the molecule is CN(CC(CCCOCCCc1cccc2c1n(C)c(=O)n2C1CCC(=O)NC1=O)C(=O)O)C[C@H]1CC[C@H](n2cc(NC(=O)c3cnn4ccc(N5C[C@H]6C[C@@H]5CO6)nc34)c(C(F)F)n2)CC1. The van der Waals surface area contributed by atoms with Gasteiger partial charge in [0.2, 0.25) is 11.8 Å². The van der Waals surface area contributed by atoms with Gasteiger partial charge >= 0.3 is 11.7 Å². The number of alkyl halides is 2. The van der Waals surface area contributed by atoms with E-state index in [0.717, 1.165) is 30.3 Å². The van der Waals surface area contributed by atoms with Gasteiger partial charge in [0.15, 0.2) is 11.3 Å². The number of carboxylic acids is 1. The average Bonchev–Trinajstić information content (AvgIpc) is 4.16. The standard InChI is InChI=1S/C46H57F2N11O8/c1-54(23-29(45(63)64)8-5-19-66-18-4-7-28-6-3-9-35-40(28)55(2)46(65)59(35)36-14-15-38(60)52-44(36)62)22-27-10-12-30(13-11-27)58-25-34(39(53-58)41(47)48)50-43(61)33-21-49-57-17-16-37(51-42(33)57)56-24-32-20-31(56)26-67-32/h3,6,9,16-17,21,25,27,29-32,36,41H,4-5,7-8,10-15,18-20,22-24,26H2,1-2H3,(H,50,61)(H,63,64)(H,52,60,62)/t27-,29?,30-,31-,32-,36?/m1/s1. The molecule has 21 heteroatoms. The van der Waals surface area contributed by atoms with E-state index in [-0.39, 0.29) is 53.9 Å². The highest BCUT2D eigenvalue weighted by molar-refractivity contribution is 6.08. The lowest BCUT2D eigenvalue weighted by Crippen LogP contribution is -2.44. The van der Waals surface area contributed by atoms with E-state index >= 15 is 0 Å². The summed E-state index contributed by atoms with van der Waals surface area (Å²) in [4.78, 5) is 72.3. The number of benzene rings is 1. The Morgan fingerprint density at radius 1 is 1.07 bits per heavy atom. The lowest BCUT2D eigenvalue weighted by Gasteiger charge is -2.32. The molecule has 1 aromatic carbocycles. The van der Waals surface area contributed by atoms with Gasteiger partial charge in [-0.05, 0) is 94.9 Å². The quantitative estimate of drug-likeness (QED) is 0.0769. The summed E-state index contributed by atoms with van der Waals surface area (Å²) in [5, 5.41) is 23.6. The summed E-state index contributed by atoms with van der Waals surface area (Å²) in [6.07, 6.45) is 8.57. The van der Waals surface area contributed by atoms with E-state index in [9.17, 15) is 37.9 Å². The third-order valence-corrected chi connectivity index (χ3v) is 13.9. The first kappa shape index (κ1) is 46.1. The minimum Gasteiger partial charge on any atom is -0.481 e. The normalized spacial score (nSPS) is 22.4. The molecule has 4 aromatic heterocycles. The number of nitrogens with zero attached hydrogens (tertiary/aromatic N) is 9. The number of nitrogens with one attached hydrogen (secondary N) is 2. The number of aryl methyl sites for hydroxylation is 2. The maximum Gasteiger partial charge on any atom is 0.329 e. The van der Waals surface area contributed by atoms with Gasteiger partial charge in [-0.2, -0.15) is 10.2 Å². The van der Waals surface area contributed by atoms with Crippen molar-refractivity contribution in [1.82, 2.24) is 43.7 Å². The second-order valence-electron chi connectivity index (χ2n) is 18.5. The number of hydrogen-bond donors (Lipinski definition) is 3. The smallest absolute Gasteiger partial charge is 0.329 e. The van der Waals surface area contributed by atoms with E-state index in [1.54, 1.807) is 22.5 Å². The van der Waals surface area contributed by atoms with Crippen molar-refractivity contribution >= 4 is 51.9 Å². The molecule has 9 rings (SSSR count). The van der Waals surface area contributed by atoms with Crippen LogP contribution in [0.2, 0.25) is 0 Å². The number of amides is 3. The molecule has 19 nitrogen and oxygen atoms in total. The molecule has 358 valence electrons. The third-order valence-electron chi connectivity index (χ3n) is 13.9. The Morgan fingerprint density at radius 2 is 1.88 bits per heavy atom. The van der Waals surface area contributed by atoms with Gasteiger partial charge in [-0.1, -0.05) is 12.1 Å². The van der Waals surface area contributed by atoms with Crippen molar-refractivity contribution in [2.24, 2.45) is 18.9 Å². The van der Waals surface area contributed by atoms with Crippen LogP contribution in [-0.4, -0.2) is 126 Å². The van der Waals surface area contributed by atoms with Crippen LogP contribution < -0.4 is 21.2 Å². The van der Waals surface area contributed by atoms with Crippen molar-refractivity contribution in [2.45, 2.75) is 101 Å². The van der Waals surface area contributed by atoms with Crippen molar-refractivity contribution in [3.05, 3.63) is 70.2 Å². The van der Waals surface area contributed by atoms with Crippen LogP contribution in [-0.2, 0) is 37.3 Å². The number of aliphatic carboxylic acids is 1. The number of hydrogen-bond acceptors (Lipinski definition) is 12. The highest BCUT2D eigenvalue weighted by Crippen LogP contribution is 2.36. The number of para-hydroxylation sites is 1. The number of imidazole rings is 1. The predicted molar refractivity (Wildman–Crippen MR) is 240 cm³/mol. The summed E-state index contributed by atoms with van der Waals surface area (Å²) in [6.45, 7) is 3.29. The van der Waals surface area contributed by atoms with Crippen molar-refractivity contribution < 1.29 is 42.5 Å². The van der Waals surface area contributed by atoms with Crippen molar-refractivity contribution in [3.8, 4) is 0 Å². The van der Waals surface area contributed by atoms with E-state index in [1.165, 1.54) is 21.5 Å². The lowest BCUT2D eigenvalue weighted by molar-refractivity contribution is -0.143. The summed E-state index contributed by atoms with van der Waals surface area (Å²) >= 11 is 0. The second-order valence-corrected chi connectivity index (χ2v) is 18.5. The number of halogens is 2. The molecule has 4 aliphatic rings. The largest absolute Gasteiger partial charge is 0.481 e. The van der Waals surface area contributed by atoms with Gasteiger partial charge in [0, 0.05) is 58.7 Å². The van der Waals surface area contributed by atoms with Gasteiger partial charge < -0.3 is 29.7 Å². The molecule has 0 radical (unpaired) electrons. The molecule has 5 aromatic rings. The molecule has 2 unspecified atom stereocenters. The van der Waals surface area contributed by atoms with E-state index < -0.39 is 41.9 Å². The Hall–Kier alpha value is -6.06. The topological polar surface area (TPSA) is 212 Å². The van der Waals surface area contributed by atoms with E-state index in [2.05, 4.69) is 30.6 Å². The van der Waals surface area contributed by atoms with Gasteiger partial charge in [-0.25, -0.2) is 23.1 Å². The molecule has 3 aliphatic heterocycles. The molecule has 3 saturated heterocycles. The van der Waals surface area contributed by atoms with Gasteiger partial charge in [0.1, 0.15) is 17.4 Å². The van der Waals surface area contributed by atoms with Gasteiger partial charge in [-0.15, -0.1) is 0 Å². The Morgan fingerprint density at radius 3 is 2.61 bits per heavy atom. The van der Waals surface area contributed by atoms with Crippen LogP contribution in [0.1, 0.15) is 104 Å². The number of morpholine rings is 1. The van der Waals surface area contributed by atoms with Crippen LogP contribution in [0.5, 0.6) is 0 Å². The zero-order valence-electron chi connectivity index (χ0n) is 37.7. The number of carbonyl (C=O) groups is 4. The zero-order valence-corrected chi connectivity index (χ0v) is 37.7. The molecule has 7 heterocycles. The summed E-state index contributed by atoms with van der Waals surface area (Å²) in [5.74, 6) is -1.85. The number of rotatable bonds is 19. The van der Waals surface area contributed by atoms with Crippen LogP contribution >= 0.6 is 0 Å². The van der Waals surface area contributed by atoms with Gasteiger partial charge in [0.25, 0.3) is 12.3 Å². The monoisotopic (exact) mass is 929 g/mol. The fourth-order valence-corrected chi connectivity index (χ4v) is 10.5.